The second-order valence-electron chi connectivity index (χ2n) is 6.56. The summed E-state index contributed by atoms with van der Waals surface area (Å²) in [6.45, 7) is 4.17. The van der Waals surface area contributed by atoms with E-state index in [1.807, 2.05) is 56.3 Å². The highest BCUT2D eigenvalue weighted by molar-refractivity contribution is 5.93. The fraction of sp³-hybridized carbons (Fsp3) is 0.227. The van der Waals surface area contributed by atoms with Gasteiger partial charge in [0, 0.05) is 0 Å². The summed E-state index contributed by atoms with van der Waals surface area (Å²) in [7, 11) is 1.36. The van der Waals surface area contributed by atoms with Crippen molar-refractivity contribution in [2.24, 2.45) is 0 Å². The molecule has 2 aromatic carbocycles. The highest BCUT2D eigenvalue weighted by Gasteiger charge is 2.17. The zero-order valence-electron chi connectivity index (χ0n) is 16.2. The van der Waals surface area contributed by atoms with Crippen molar-refractivity contribution >= 4 is 17.6 Å². The van der Waals surface area contributed by atoms with Crippen LogP contribution in [0.4, 0.5) is 5.69 Å². The van der Waals surface area contributed by atoms with Gasteiger partial charge in [-0.25, -0.2) is 4.79 Å². The zero-order chi connectivity index (χ0) is 20.1. The third-order valence-electron chi connectivity index (χ3n) is 4.60. The van der Waals surface area contributed by atoms with Crippen LogP contribution in [0.1, 0.15) is 32.9 Å². The Hall–Kier alpha value is -3.41. The fourth-order valence-electron chi connectivity index (χ4n) is 3.13. The summed E-state index contributed by atoms with van der Waals surface area (Å²) in [5.41, 5.74) is 4.54. The highest BCUT2D eigenvalue weighted by Crippen LogP contribution is 2.22. The Morgan fingerprint density at radius 3 is 2.43 bits per heavy atom. The van der Waals surface area contributed by atoms with Crippen LogP contribution in [-0.2, 0) is 22.5 Å². The van der Waals surface area contributed by atoms with Gasteiger partial charge in [0.25, 0.3) is 0 Å². The molecule has 0 saturated heterocycles. The van der Waals surface area contributed by atoms with Gasteiger partial charge >= 0.3 is 5.97 Å². The summed E-state index contributed by atoms with van der Waals surface area (Å²) in [4.78, 5) is 24.4. The summed E-state index contributed by atoms with van der Waals surface area (Å²) in [5.74, 6) is -0.472. The smallest absolute Gasteiger partial charge is 0.338 e. The van der Waals surface area contributed by atoms with E-state index in [9.17, 15) is 9.59 Å². The number of nitrogens with zero attached hydrogens (tertiary/aromatic N) is 2. The number of anilines is 1. The molecule has 0 aliphatic heterocycles. The predicted molar refractivity (Wildman–Crippen MR) is 107 cm³/mol. The number of carbonyl (C=O) groups is 2. The van der Waals surface area contributed by atoms with Crippen molar-refractivity contribution in [2.75, 3.05) is 12.4 Å². The molecule has 3 rings (SSSR count). The van der Waals surface area contributed by atoms with Crippen LogP contribution in [0.5, 0.6) is 0 Å². The van der Waals surface area contributed by atoms with Crippen LogP contribution in [0.2, 0.25) is 0 Å². The minimum Gasteiger partial charge on any atom is -0.465 e. The molecule has 0 unspecified atom stereocenters. The largest absolute Gasteiger partial charge is 0.465 e. The molecule has 0 saturated carbocycles. The number of nitrogens with one attached hydrogen (secondary N) is 1. The molecule has 0 aliphatic carbocycles. The van der Waals surface area contributed by atoms with Gasteiger partial charge in [0.2, 0.25) is 5.91 Å². The molecule has 0 radical (unpaired) electrons. The van der Waals surface area contributed by atoms with Crippen LogP contribution in [0, 0.1) is 13.8 Å². The lowest BCUT2D eigenvalue weighted by atomic mass is 10.1. The van der Waals surface area contributed by atoms with E-state index in [0.717, 1.165) is 22.5 Å². The maximum Gasteiger partial charge on any atom is 0.338 e. The van der Waals surface area contributed by atoms with Gasteiger partial charge in [-0.3, -0.25) is 9.48 Å². The number of carbonyl (C=O) groups excluding carboxylic acids is 2. The van der Waals surface area contributed by atoms with E-state index in [2.05, 4.69) is 10.4 Å². The van der Waals surface area contributed by atoms with E-state index in [0.29, 0.717) is 24.2 Å². The van der Waals surface area contributed by atoms with Crippen molar-refractivity contribution in [2.45, 2.75) is 26.8 Å². The van der Waals surface area contributed by atoms with Crippen LogP contribution in [0.3, 0.4) is 0 Å². The van der Waals surface area contributed by atoms with Crippen molar-refractivity contribution in [1.82, 2.24) is 9.78 Å². The normalized spacial score (nSPS) is 10.5. The van der Waals surface area contributed by atoms with E-state index in [4.69, 9.17) is 4.74 Å². The lowest BCUT2D eigenvalue weighted by Gasteiger charge is -2.10. The Labute approximate surface area is 164 Å². The number of methoxy groups -OCH3 is 1. The standard InChI is InChI=1S/C22H23N3O3/c1-15-21(23-20(26)13-17-9-5-4-6-10-17)16(2)25(24-15)14-18-11-7-8-12-19(18)22(27)28-3/h4-12H,13-14H2,1-3H3,(H,23,26). The van der Waals surface area contributed by atoms with Crippen LogP contribution in [0.15, 0.2) is 54.6 Å². The summed E-state index contributed by atoms with van der Waals surface area (Å²) in [5, 5.41) is 7.51. The Morgan fingerprint density at radius 2 is 1.71 bits per heavy atom. The number of aromatic nitrogens is 2. The molecule has 0 atom stereocenters. The van der Waals surface area contributed by atoms with Crippen molar-refractivity contribution in [3.63, 3.8) is 0 Å². The molecule has 6 heteroatoms. The quantitative estimate of drug-likeness (QED) is 0.667. The maximum atomic E-state index is 12.4. The van der Waals surface area contributed by atoms with Gasteiger partial charge in [-0.15, -0.1) is 0 Å². The number of hydrogen-bond donors (Lipinski definition) is 1. The Kier molecular flexibility index (Phi) is 5.89. The third kappa shape index (κ3) is 4.28. The van der Waals surface area contributed by atoms with Gasteiger partial charge in [0.05, 0.1) is 42.7 Å². The molecular formula is C22H23N3O3. The summed E-state index contributed by atoms with van der Waals surface area (Å²) in [6.07, 6.45) is 0.302. The van der Waals surface area contributed by atoms with E-state index in [1.54, 1.807) is 16.8 Å². The molecule has 0 fully saturated rings. The number of ether oxygens (including phenoxy) is 1. The SMILES string of the molecule is COC(=O)c1ccccc1Cn1nc(C)c(NC(=O)Cc2ccccc2)c1C. The Bertz CT molecular complexity index is 994. The number of rotatable bonds is 6. The molecule has 144 valence electrons. The molecule has 1 amide bonds. The molecule has 3 aromatic rings. The van der Waals surface area contributed by atoms with Gasteiger partial charge in [-0.2, -0.15) is 5.10 Å². The number of benzene rings is 2. The lowest BCUT2D eigenvalue weighted by Crippen LogP contribution is -2.15. The first-order valence-corrected chi connectivity index (χ1v) is 9.03. The molecule has 0 aliphatic rings. The number of aryl methyl sites for hydroxylation is 1. The molecule has 28 heavy (non-hydrogen) atoms. The highest BCUT2D eigenvalue weighted by atomic mass is 16.5. The van der Waals surface area contributed by atoms with Gasteiger partial charge in [-0.1, -0.05) is 48.5 Å². The number of amides is 1. The molecule has 0 spiro atoms. The monoisotopic (exact) mass is 377 g/mol. The van der Waals surface area contributed by atoms with Crippen LogP contribution < -0.4 is 5.32 Å². The molecule has 1 N–H and O–H groups in total. The third-order valence-corrected chi connectivity index (χ3v) is 4.60. The van der Waals surface area contributed by atoms with Gasteiger partial charge in [0.15, 0.2) is 0 Å². The lowest BCUT2D eigenvalue weighted by molar-refractivity contribution is -0.115. The molecule has 1 heterocycles. The summed E-state index contributed by atoms with van der Waals surface area (Å²) in [6, 6.07) is 16.9. The minimum atomic E-state index is -0.381. The first-order chi connectivity index (χ1) is 13.5. The minimum absolute atomic E-state index is 0.0908. The average molecular weight is 377 g/mol. The zero-order valence-corrected chi connectivity index (χ0v) is 16.2. The maximum absolute atomic E-state index is 12.4. The van der Waals surface area contributed by atoms with E-state index in [1.165, 1.54) is 7.11 Å². The average Bonchev–Trinajstić information content (AvgIpc) is 2.96. The van der Waals surface area contributed by atoms with Gasteiger partial charge in [-0.05, 0) is 31.0 Å². The topological polar surface area (TPSA) is 73.2 Å². The molecular weight excluding hydrogens is 354 g/mol. The van der Waals surface area contributed by atoms with Crippen molar-refractivity contribution in [3.8, 4) is 0 Å². The van der Waals surface area contributed by atoms with E-state index < -0.39 is 0 Å². The number of esters is 1. The van der Waals surface area contributed by atoms with Gasteiger partial charge < -0.3 is 10.1 Å². The predicted octanol–water partition coefficient (Wildman–Crippen LogP) is 3.52. The summed E-state index contributed by atoms with van der Waals surface area (Å²) < 4.78 is 6.64. The second-order valence-corrected chi connectivity index (χ2v) is 6.56. The summed E-state index contributed by atoms with van der Waals surface area (Å²) >= 11 is 0. The first-order valence-electron chi connectivity index (χ1n) is 9.03. The van der Waals surface area contributed by atoms with Crippen LogP contribution >= 0.6 is 0 Å². The molecule has 1 aromatic heterocycles. The Balaban J connectivity index is 1.79. The molecule has 6 nitrogen and oxygen atoms in total. The Morgan fingerprint density at radius 1 is 1.04 bits per heavy atom. The van der Waals surface area contributed by atoms with Crippen LogP contribution in [-0.4, -0.2) is 28.8 Å². The van der Waals surface area contributed by atoms with Crippen LogP contribution in [0.25, 0.3) is 0 Å². The second kappa shape index (κ2) is 8.52. The van der Waals surface area contributed by atoms with Gasteiger partial charge in [0.1, 0.15) is 0 Å². The van der Waals surface area contributed by atoms with E-state index in [-0.39, 0.29) is 11.9 Å². The fourth-order valence-corrected chi connectivity index (χ4v) is 3.13. The van der Waals surface area contributed by atoms with E-state index >= 15 is 0 Å². The van der Waals surface area contributed by atoms with Crippen molar-refractivity contribution in [1.29, 1.82) is 0 Å². The van der Waals surface area contributed by atoms with Crippen molar-refractivity contribution < 1.29 is 14.3 Å². The molecule has 0 bridgehead atoms. The van der Waals surface area contributed by atoms with Crippen molar-refractivity contribution in [3.05, 3.63) is 82.7 Å². The number of hydrogen-bond acceptors (Lipinski definition) is 4. The first kappa shape index (κ1) is 19.4.